The molecule has 0 N–H and O–H groups in total. The molecular weight excluding hydrogens is 346 g/mol. The second kappa shape index (κ2) is 9.14. The summed E-state index contributed by atoms with van der Waals surface area (Å²) in [6.45, 7) is 9.07. The topological polar surface area (TPSA) is 45.7 Å². The average molecular weight is 374 g/mol. The zero-order valence-corrected chi connectivity index (χ0v) is 16.4. The number of rotatable bonds is 7. The third-order valence-corrected chi connectivity index (χ3v) is 5.40. The van der Waals surface area contributed by atoms with Crippen molar-refractivity contribution in [2.24, 2.45) is 0 Å². The fourth-order valence-corrected chi connectivity index (χ4v) is 3.63. The van der Waals surface area contributed by atoms with Gasteiger partial charge in [0.05, 0.1) is 17.3 Å². The molecule has 1 fully saturated rings. The summed E-state index contributed by atoms with van der Waals surface area (Å²) in [5, 5.41) is 3.23. The maximum Gasteiger partial charge on any atom is 0.253 e. The van der Waals surface area contributed by atoms with E-state index in [1.165, 1.54) is 0 Å². The number of hydrogen-bond donors (Lipinski definition) is 0. The van der Waals surface area contributed by atoms with Gasteiger partial charge in [-0.15, -0.1) is 11.3 Å². The van der Waals surface area contributed by atoms with E-state index in [1.54, 1.807) is 11.3 Å². The zero-order chi connectivity index (χ0) is 18.4. The number of piperazine rings is 1. The van der Waals surface area contributed by atoms with Crippen LogP contribution < -0.4 is 4.74 Å². The molecule has 0 aliphatic carbocycles. The number of benzene rings is 1. The first-order valence-corrected chi connectivity index (χ1v) is 10.2. The Balaban J connectivity index is 1.48. The molecule has 0 bridgehead atoms. The van der Waals surface area contributed by atoms with Crippen LogP contribution in [-0.4, -0.2) is 53.5 Å². The van der Waals surface area contributed by atoms with Crippen LogP contribution in [0, 0.1) is 6.92 Å². The van der Waals surface area contributed by atoms with E-state index in [9.17, 15) is 4.79 Å². The van der Waals surface area contributed by atoms with Gasteiger partial charge in [0.1, 0.15) is 5.75 Å². The maximum absolute atomic E-state index is 12.7. The highest BCUT2D eigenvalue weighted by molar-refractivity contribution is 7.09. The molecular formula is C20H27N3O2S. The number of amides is 1. The van der Waals surface area contributed by atoms with Crippen LogP contribution in [0.2, 0.25) is 0 Å². The minimum Gasteiger partial charge on any atom is -0.494 e. The van der Waals surface area contributed by atoms with Gasteiger partial charge >= 0.3 is 0 Å². The van der Waals surface area contributed by atoms with Gasteiger partial charge in [0.2, 0.25) is 0 Å². The Labute approximate surface area is 159 Å². The number of thiazole rings is 1. The summed E-state index contributed by atoms with van der Waals surface area (Å²) in [4.78, 5) is 21.5. The van der Waals surface area contributed by atoms with Crippen molar-refractivity contribution in [3.8, 4) is 5.75 Å². The number of unbranched alkanes of at least 4 members (excludes halogenated alkanes) is 1. The molecule has 1 saturated heterocycles. The highest BCUT2D eigenvalue weighted by Crippen LogP contribution is 2.16. The van der Waals surface area contributed by atoms with Crippen molar-refractivity contribution in [3.05, 3.63) is 45.9 Å². The van der Waals surface area contributed by atoms with Crippen molar-refractivity contribution < 1.29 is 9.53 Å². The van der Waals surface area contributed by atoms with E-state index >= 15 is 0 Å². The van der Waals surface area contributed by atoms with Gasteiger partial charge in [-0.2, -0.15) is 0 Å². The minimum atomic E-state index is 0.106. The van der Waals surface area contributed by atoms with E-state index in [2.05, 4.69) is 22.2 Å². The average Bonchev–Trinajstić information content (AvgIpc) is 3.07. The summed E-state index contributed by atoms with van der Waals surface area (Å²) in [5.74, 6) is 0.938. The lowest BCUT2D eigenvalue weighted by Crippen LogP contribution is -2.48. The van der Waals surface area contributed by atoms with Gasteiger partial charge in [-0.1, -0.05) is 13.3 Å². The van der Waals surface area contributed by atoms with Crippen LogP contribution >= 0.6 is 11.3 Å². The van der Waals surface area contributed by atoms with Crippen LogP contribution in [-0.2, 0) is 6.54 Å². The van der Waals surface area contributed by atoms with Crippen LogP contribution in [0.3, 0.4) is 0 Å². The molecule has 3 rings (SSSR count). The molecule has 2 aromatic rings. The van der Waals surface area contributed by atoms with Crippen LogP contribution in [0.4, 0.5) is 0 Å². The van der Waals surface area contributed by atoms with Crippen molar-refractivity contribution in [1.82, 2.24) is 14.8 Å². The van der Waals surface area contributed by atoms with Gasteiger partial charge in [0.25, 0.3) is 5.91 Å². The fraction of sp³-hybridized carbons (Fsp3) is 0.500. The lowest BCUT2D eigenvalue weighted by molar-refractivity contribution is 0.0627. The SMILES string of the molecule is CCCCOc1ccc(C(=O)N2CCN(Cc3csc(C)n3)CC2)cc1. The van der Waals surface area contributed by atoms with Crippen molar-refractivity contribution in [2.75, 3.05) is 32.8 Å². The van der Waals surface area contributed by atoms with E-state index in [1.807, 2.05) is 36.1 Å². The number of carbonyl (C=O) groups excluding carboxylic acids is 1. The number of nitrogens with zero attached hydrogens (tertiary/aromatic N) is 3. The number of aryl methyl sites for hydroxylation is 1. The summed E-state index contributed by atoms with van der Waals surface area (Å²) >= 11 is 1.69. The quantitative estimate of drug-likeness (QED) is 0.696. The second-order valence-corrected chi connectivity index (χ2v) is 7.71. The van der Waals surface area contributed by atoms with Crippen LogP contribution in [0.25, 0.3) is 0 Å². The van der Waals surface area contributed by atoms with Gasteiger partial charge in [-0.3, -0.25) is 9.69 Å². The van der Waals surface area contributed by atoms with Gasteiger partial charge in [-0.05, 0) is 37.6 Å². The lowest BCUT2D eigenvalue weighted by Gasteiger charge is -2.34. The Bertz CT molecular complexity index is 706. The largest absolute Gasteiger partial charge is 0.494 e. The molecule has 0 radical (unpaired) electrons. The maximum atomic E-state index is 12.7. The molecule has 2 heterocycles. The van der Waals surface area contributed by atoms with Crippen molar-refractivity contribution in [1.29, 1.82) is 0 Å². The highest BCUT2D eigenvalue weighted by atomic mass is 32.1. The molecule has 6 heteroatoms. The van der Waals surface area contributed by atoms with Gasteiger partial charge in [0, 0.05) is 43.7 Å². The molecule has 26 heavy (non-hydrogen) atoms. The molecule has 5 nitrogen and oxygen atoms in total. The monoisotopic (exact) mass is 373 g/mol. The molecule has 140 valence electrons. The second-order valence-electron chi connectivity index (χ2n) is 6.65. The van der Waals surface area contributed by atoms with Gasteiger partial charge < -0.3 is 9.64 Å². The summed E-state index contributed by atoms with van der Waals surface area (Å²) in [5.41, 5.74) is 1.86. The summed E-state index contributed by atoms with van der Waals surface area (Å²) < 4.78 is 5.66. The Morgan fingerprint density at radius 3 is 2.54 bits per heavy atom. The first-order valence-electron chi connectivity index (χ1n) is 9.31. The molecule has 0 unspecified atom stereocenters. The van der Waals surface area contributed by atoms with Crippen LogP contribution in [0.1, 0.15) is 40.8 Å². The first-order chi connectivity index (χ1) is 12.7. The molecule has 0 spiro atoms. The molecule has 0 atom stereocenters. The summed E-state index contributed by atoms with van der Waals surface area (Å²) in [6, 6.07) is 7.52. The fourth-order valence-electron chi connectivity index (χ4n) is 3.03. The predicted octanol–water partition coefficient (Wildman–Crippen LogP) is 3.59. The lowest BCUT2D eigenvalue weighted by atomic mass is 10.1. The third-order valence-electron chi connectivity index (χ3n) is 4.58. The Morgan fingerprint density at radius 2 is 1.92 bits per heavy atom. The smallest absolute Gasteiger partial charge is 0.253 e. The van der Waals surface area contributed by atoms with E-state index in [0.29, 0.717) is 0 Å². The Hall–Kier alpha value is -1.92. The molecule has 1 aliphatic rings. The van der Waals surface area contributed by atoms with Crippen molar-refractivity contribution in [2.45, 2.75) is 33.2 Å². The third kappa shape index (κ3) is 5.05. The van der Waals surface area contributed by atoms with Crippen molar-refractivity contribution in [3.63, 3.8) is 0 Å². The normalized spacial score (nSPS) is 15.2. The summed E-state index contributed by atoms with van der Waals surface area (Å²) in [6.07, 6.45) is 2.16. The number of aromatic nitrogens is 1. The van der Waals surface area contributed by atoms with E-state index in [4.69, 9.17) is 4.74 Å². The van der Waals surface area contributed by atoms with Crippen molar-refractivity contribution >= 4 is 17.2 Å². The van der Waals surface area contributed by atoms with Crippen LogP contribution in [0.5, 0.6) is 5.75 Å². The molecule has 1 aromatic carbocycles. The predicted molar refractivity (Wildman–Crippen MR) is 105 cm³/mol. The number of ether oxygens (including phenoxy) is 1. The standard InChI is InChI=1S/C20H27N3O2S/c1-3-4-13-25-19-7-5-17(6-8-19)20(24)23-11-9-22(10-12-23)14-18-15-26-16(2)21-18/h5-8,15H,3-4,9-14H2,1-2H3. The van der Waals surface area contributed by atoms with Gasteiger partial charge in [-0.25, -0.2) is 4.98 Å². The minimum absolute atomic E-state index is 0.106. The molecule has 1 amide bonds. The van der Waals surface area contributed by atoms with E-state index in [-0.39, 0.29) is 5.91 Å². The Morgan fingerprint density at radius 1 is 1.19 bits per heavy atom. The zero-order valence-electron chi connectivity index (χ0n) is 15.6. The van der Waals surface area contributed by atoms with Crippen LogP contribution in [0.15, 0.2) is 29.6 Å². The highest BCUT2D eigenvalue weighted by Gasteiger charge is 2.22. The molecule has 1 aliphatic heterocycles. The van der Waals surface area contributed by atoms with E-state index < -0.39 is 0 Å². The Kier molecular flexibility index (Phi) is 6.63. The molecule has 0 saturated carbocycles. The molecule has 1 aromatic heterocycles. The van der Waals surface area contributed by atoms with E-state index in [0.717, 1.165) is 74.2 Å². The van der Waals surface area contributed by atoms with Gasteiger partial charge in [0.15, 0.2) is 0 Å². The number of hydrogen-bond acceptors (Lipinski definition) is 5. The number of carbonyl (C=O) groups is 1. The first kappa shape index (κ1) is 18.9. The summed E-state index contributed by atoms with van der Waals surface area (Å²) in [7, 11) is 0.